The summed E-state index contributed by atoms with van der Waals surface area (Å²) in [4.78, 5) is 13.6. The van der Waals surface area contributed by atoms with Gasteiger partial charge in [0.25, 0.3) is 0 Å². The molecule has 3 rings (SSSR count). The smallest absolute Gasteiger partial charge is 0.416 e. The number of rotatable bonds is 6. The van der Waals surface area contributed by atoms with Crippen molar-refractivity contribution in [2.45, 2.75) is 11.1 Å². The van der Waals surface area contributed by atoms with Gasteiger partial charge < -0.3 is 10.1 Å². The number of halogens is 3. The quantitative estimate of drug-likeness (QED) is 0.722. The lowest BCUT2D eigenvalue weighted by molar-refractivity contribution is -0.137. The maximum absolute atomic E-state index is 12.9. The third-order valence-electron chi connectivity index (χ3n) is 4.87. The number of benzene rings is 2. The van der Waals surface area contributed by atoms with Crippen LogP contribution in [-0.2, 0) is 21.0 Å². The molecule has 0 bridgehead atoms. The van der Waals surface area contributed by atoms with Crippen LogP contribution in [0.1, 0.15) is 5.56 Å². The highest BCUT2D eigenvalue weighted by atomic mass is 32.2. The summed E-state index contributed by atoms with van der Waals surface area (Å²) in [6.45, 7) is 0.800. The molecule has 0 unspecified atom stereocenters. The Kier molecular flexibility index (Phi) is 6.87. The average molecular weight is 457 g/mol. The molecule has 0 spiro atoms. The van der Waals surface area contributed by atoms with Gasteiger partial charge in [0, 0.05) is 31.9 Å². The van der Waals surface area contributed by atoms with Crippen molar-refractivity contribution >= 4 is 21.6 Å². The molecule has 0 saturated carbocycles. The molecule has 31 heavy (non-hydrogen) atoms. The standard InChI is InChI=1S/C20H22F3N3O4S/c1-30-17-7-5-16(6-8-17)24-19(27)14-25-9-11-26(12-10-25)31(28,29)18-4-2-3-15(13-18)20(21,22)23/h2-8,13H,9-12,14H2,1H3,(H,24,27). The van der Waals surface area contributed by atoms with E-state index in [9.17, 15) is 26.4 Å². The molecule has 1 amide bonds. The molecule has 7 nitrogen and oxygen atoms in total. The van der Waals surface area contributed by atoms with E-state index in [1.165, 1.54) is 0 Å². The molecule has 1 aliphatic heterocycles. The van der Waals surface area contributed by atoms with Gasteiger partial charge in [-0.05, 0) is 42.5 Å². The number of sulfonamides is 1. The van der Waals surface area contributed by atoms with Gasteiger partial charge in [0.2, 0.25) is 15.9 Å². The van der Waals surface area contributed by atoms with Gasteiger partial charge >= 0.3 is 6.18 Å². The van der Waals surface area contributed by atoms with Gasteiger partial charge in [-0.25, -0.2) is 8.42 Å². The van der Waals surface area contributed by atoms with Crippen LogP contribution in [0.2, 0.25) is 0 Å². The largest absolute Gasteiger partial charge is 0.497 e. The van der Waals surface area contributed by atoms with E-state index in [0.29, 0.717) is 17.5 Å². The lowest BCUT2D eigenvalue weighted by atomic mass is 10.2. The minimum atomic E-state index is -4.62. The maximum atomic E-state index is 12.9. The fourth-order valence-electron chi connectivity index (χ4n) is 3.19. The number of alkyl halides is 3. The van der Waals surface area contributed by atoms with E-state index in [-0.39, 0.29) is 38.6 Å². The summed E-state index contributed by atoms with van der Waals surface area (Å²) in [5.74, 6) is 0.412. The Balaban J connectivity index is 1.56. The molecule has 168 valence electrons. The summed E-state index contributed by atoms with van der Waals surface area (Å²) in [6.07, 6.45) is -4.62. The molecule has 1 aliphatic rings. The Hall–Kier alpha value is -2.63. The highest BCUT2D eigenvalue weighted by Gasteiger charge is 2.34. The summed E-state index contributed by atoms with van der Waals surface area (Å²) in [5.41, 5.74) is -0.404. The number of amides is 1. The van der Waals surface area contributed by atoms with Crippen molar-refractivity contribution in [3.63, 3.8) is 0 Å². The van der Waals surface area contributed by atoms with Crippen molar-refractivity contribution in [2.75, 3.05) is 45.2 Å². The Morgan fingerprint density at radius 3 is 2.29 bits per heavy atom. The number of methoxy groups -OCH3 is 1. The minimum Gasteiger partial charge on any atom is -0.497 e. The molecular formula is C20H22F3N3O4S. The molecule has 0 radical (unpaired) electrons. The number of carbonyl (C=O) groups excluding carboxylic acids is 1. The Morgan fingerprint density at radius 2 is 1.71 bits per heavy atom. The van der Waals surface area contributed by atoms with Crippen LogP contribution in [-0.4, -0.2) is 63.4 Å². The van der Waals surface area contributed by atoms with Crippen molar-refractivity contribution < 1.29 is 31.1 Å². The van der Waals surface area contributed by atoms with Crippen LogP contribution in [0, 0.1) is 0 Å². The van der Waals surface area contributed by atoms with E-state index >= 15 is 0 Å². The number of piperazine rings is 1. The molecular weight excluding hydrogens is 435 g/mol. The lowest BCUT2D eigenvalue weighted by Gasteiger charge is -2.33. The Morgan fingerprint density at radius 1 is 1.06 bits per heavy atom. The normalized spacial score (nSPS) is 16.1. The molecule has 1 saturated heterocycles. The molecule has 2 aromatic rings. The first kappa shape index (κ1) is 23.0. The fourth-order valence-corrected chi connectivity index (χ4v) is 4.66. The van der Waals surface area contributed by atoms with E-state index in [0.717, 1.165) is 22.5 Å². The van der Waals surface area contributed by atoms with Crippen molar-refractivity contribution in [3.8, 4) is 5.75 Å². The van der Waals surface area contributed by atoms with Crippen LogP contribution in [0.3, 0.4) is 0 Å². The zero-order chi connectivity index (χ0) is 22.6. The van der Waals surface area contributed by atoms with Crippen molar-refractivity contribution in [1.82, 2.24) is 9.21 Å². The zero-order valence-corrected chi connectivity index (χ0v) is 17.5. The van der Waals surface area contributed by atoms with Gasteiger partial charge in [-0.2, -0.15) is 17.5 Å². The molecule has 0 aliphatic carbocycles. The third kappa shape index (κ3) is 5.75. The molecule has 1 fully saturated rings. The Labute approximate surface area is 178 Å². The summed E-state index contributed by atoms with van der Waals surface area (Å²) in [5, 5.41) is 2.75. The Bertz CT molecular complexity index is 1020. The second-order valence-electron chi connectivity index (χ2n) is 6.98. The van der Waals surface area contributed by atoms with E-state index in [2.05, 4.69) is 5.32 Å². The summed E-state index contributed by atoms with van der Waals surface area (Å²) in [7, 11) is -2.52. The number of anilines is 1. The second kappa shape index (κ2) is 9.25. The molecule has 2 aromatic carbocycles. The van der Waals surface area contributed by atoms with E-state index in [1.54, 1.807) is 36.3 Å². The second-order valence-corrected chi connectivity index (χ2v) is 8.92. The predicted octanol–water partition coefficient (Wildman–Crippen LogP) is 2.66. The molecule has 1 heterocycles. The number of hydrogen-bond donors (Lipinski definition) is 1. The van der Waals surface area contributed by atoms with Crippen molar-refractivity contribution in [1.29, 1.82) is 0 Å². The SMILES string of the molecule is COc1ccc(NC(=O)CN2CCN(S(=O)(=O)c3cccc(C(F)(F)F)c3)CC2)cc1. The maximum Gasteiger partial charge on any atom is 0.416 e. The topological polar surface area (TPSA) is 79.0 Å². The highest BCUT2D eigenvalue weighted by Crippen LogP contribution is 2.31. The van der Waals surface area contributed by atoms with Crippen LogP contribution in [0.15, 0.2) is 53.4 Å². The number of hydrogen-bond acceptors (Lipinski definition) is 5. The number of nitrogens with one attached hydrogen (secondary N) is 1. The number of nitrogens with zero attached hydrogens (tertiary/aromatic N) is 2. The first-order chi connectivity index (χ1) is 14.6. The minimum absolute atomic E-state index is 0.0729. The van der Waals surface area contributed by atoms with Gasteiger partial charge in [0.1, 0.15) is 5.75 Å². The van der Waals surface area contributed by atoms with Crippen LogP contribution < -0.4 is 10.1 Å². The van der Waals surface area contributed by atoms with Crippen LogP contribution in [0.5, 0.6) is 5.75 Å². The first-order valence-electron chi connectivity index (χ1n) is 9.43. The molecule has 11 heteroatoms. The average Bonchev–Trinajstić information content (AvgIpc) is 2.74. The van der Waals surface area contributed by atoms with Gasteiger partial charge in [-0.15, -0.1) is 0 Å². The van der Waals surface area contributed by atoms with Gasteiger partial charge in [0.15, 0.2) is 0 Å². The zero-order valence-electron chi connectivity index (χ0n) is 16.7. The monoisotopic (exact) mass is 457 g/mol. The van der Waals surface area contributed by atoms with E-state index in [4.69, 9.17) is 4.74 Å². The van der Waals surface area contributed by atoms with Crippen LogP contribution in [0.4, 0.5) is 18.9 Å². The first-order valence-corrected chi connectivity index (χ1v) is 10.9. The van der Waals surface area contributed by atoms with Gasteiger partial charge in [-0.3, -0.25) is 9.69 Å². The summed E-state index contributed by atoms with van der Waals surface area (Å²) < 4.78 is 70.4. The summed E-state index contributed by atoms with van der Waals surface area (Å²) >= 11 is 0. The van der Waals surface area contributed by atoms with Gasteiger partial charge in [-0.1, -0.05) is 6.07 Å². The summed E-state index contributed by atoms with van der Waals surface area (Å²) in [6, 6.07) is 10.5. The third-order valence-corrected chi connectivity index (χ3v) is 6.77. The van der Waals surface area contributed by atoms with Gasteiger partial charge in [0.05, 0.1) is 24.1 Å². The van der Waals surface area contributed by atoms with E-state index < -0.39 is 26.7 Å². The molecule has 0 atom stereocenters. The van der Waals surface area contributed by atoms with Crippen LogP contribution in [0.25, 0.3) is 0 Å². The molecule has 0 aromatic heterocycles. The van der Waals surface area contributed by atoms with Crippen molar-refractivity contribution in [3.05, 3.63) is 54.1 Å². The predicted molar refractivity (Wildman–Crippen MR) is 108 cm³/mol. The lowest BCUT2D eigenvalue weighted by Crippen LogP contribution is -2.50. The van der Waals surface area contributed by atoms with Crippen LogP contribution >= 0.6 is 0 Å². The number of ether oxygens (including phenoxy) is 1. The fraction of sp³-hybridized carbons (Fsp3) is 0.350. The molecule has 1 N–H and O–H groups in total. The van der Waals surface area contributed by atoms with E-state index in [1.807, 2.05) is 0 Å². The van der Waals surface area contributed by atoms with Crippen molar-refractivity contribution in [2.24, 2.45) is 0 Å². The highest BCUT2D eigenvalue weighted by molar-refractivity contribution is 7.89. The number of carbonyl (C=O) groups is 1.